The Labute approximate surface area is 200 Å². The van der Waals surface area contributed by atoms with Gasteiger partial charge in [0.1, 0.15) is 18.1 Å². The predicted molar refractivity (Wildman–Crippen MR) is 121 cm³/mol. The molecule has 16 heteroatoms. The number of nitrogens with two attached hydrogens (primary N) is 3. The Hall–Kier alpha value is -3.95. The van der Waals surface area contributed by atoms with Crippen LogP contribution in [-0.4, -0.2) is 87.6 Å². The zero-order valence-electron chi connectivity index (χ0n) is 19.4. The molecule has 4 unspecified atom stereocenters. The van der Waals surface area contributed by atoms with Crippen LogP contribution in [0.4, 0.5) is 0 Å². The number of carbonyl (C=O) groups excluding carboxylic acids is 3. The van der Waals surface area contributed by atoms with Crippen molar-refractivity contribution < 1.29 is 44.1 Å². The normalized spacial score (nSPS) is 14.1. The number of amides is 3. The van der Waals surface area contributed by atoms with Gasteiger partial charge in [-0.25, -0.2) is 4.79 Å². The molecule has 0 bridgehead atoms. The van der Waals surface area contributed by atoms with Crippen molar-refractivity contribution in [2.75, 3.05) is 6.54 Å². The number of hydrogen-bond acceptors (Lipinski definition) is 8. The lowest BCUT2D eigenvalue weighted by molar-refractivity contribution is -0.148. The molecule has 0 aromatic carbocycles. The van der Waals surface area contributed by atoms with Gasteiger partial charge in [0.15, 0.2) is 5.96 Å². The second kappa shape index (κ2) is 15.0. The summed E-state index contributed by atoms with van der Waals surface area (Å²) in [6, 6.07) is -5.87. The summed E-state index contributed by atoms with van der Waals surface area (Å²) in [6.45, 7) is 3.47. The number of hydrogen-bond donors (Lipinski definition) is 9. The summed E-state index contributed by atoms with van der Waals surface area (Å²) in [7, 11) is 0. The number of carbonyl (C=O) groups is 6. The minimum Gasteiger partial charge on any atom is -0.481 e. The molecule has 16 nitrogen and oxygen atoms in total. The SMILES string of the molecule is CC(C)C(N)C(=O)NC(CCCN=C(N)N)C(=O)NC(CC(=O)O)C(=O)NC(CC(=O)O)C(=O)O. The average Bonchev–Trinajstić information content (AvgIpc) is 2.72. The molecular weight excluding hydrogens is 470 g/mol. The van der Waals surface area contributed by atoms with Crippen LogP contribution in [0.15, 0.2) is 4.99 Å². The van der Waals surface area contributed by atoms with Crippen LogP contribution in [0.2, 0.25) is 0 Å². The topological polar surface area (TPSA) is 290 Å². The van der Waals surface area contributed by atoms with E-state index in [-0.39, 0.29) is 31.3 Å². The van der Waals surface area contributed by atoms with Gasteiger partial charge < -0.3 is 48.5 Å². The number of aliphatic carboxylic acids is 3. The third kappa shape index (κ3) is 12.8. The lowest BCUT2D eigenvalue weighted by atomic mass is 10.0. The number of carboxylic acids is 3. The molecule has 0 aliphatic rings. The van der Waals surface area contributed by atoms with E-state index < -0.39 is 72.6 Å². The van der Waals surface area contributed by atoms with Gasteiger partial charge in [-0.15, -0.1) is 0 Å². The minimum absolute atomic E-state index is 0.0165. The van der Waals surface area contributed by atoms with Gasteiger partial charge in [-0.2, -0.15) is 0 Å². The van der Waals surface area contributed by atoms with Crippen molar-refractivity contribution in [3.63, 3.8) is 0 Å². The predicted octanol–water partition coefficient (Wildman–Crippen LogP) is -3.49. The molecule has 0 fully saturated rings. The Kier molecular flexibility index (Phi) is 13.4. The zero-order chi connectivity index (χ0) is 27.3. The molecule has 4 atom stereocenters. The van der Waals surface area contributed by atoms with Gasteiger partial charge in [-0.3, -0.25) is 29.0 Å². The van der Waals surface area contributed by atoms with E-state index in [4.69, 9.17) is 32.5 Å². The first kappa shape index (κ1) is 31.0. The van der Waals surface area contributed by atoms with Crippen LogP contribution < -0.4 is 33.2 Å². The molecule has 0 saturated carbocycles. The zero-order valence-corrected chi connectivity index (χ0v) is 19.4. The molecule has 0 rings (SSSR count). The standard InChI is InChI=1S/C19H33N7O9/c1-8(2)14(20)17(33)24-9(4-3-5-23-19(21)22)15(31)25-10(6-12(27)28)16(32)26-11(18(34)35)7-13(29)30/h8-11,14H,3-7,20H2,1-2H3,(H,24,33)(H,25,31)(H,26,32)(H,27,28)(H,29,30)(H,34,35)(H4,21,22,23). The summed E-state index contributed by atoms with van der Waals surface area (Å²) >= 11 is 0. The Morgan fingerprint density at radius 1 is 0.771 bits per heavy atom. The Bertz CT molecular complexity index is 827. The molecule has 35 heavy (non-hydrogen) atoms. The third-order valence-corrected chi connectivity index (χ3v) is 4.60. The number of rotatable bonds is 16. The molecule has 0 heterocycles. The van der Waals surface area contributed by atoms with E-state index in [0.29, 0.717) is 0 Å². The van der Waals surface area contributed by atoms with E-state index in [1.807, 2.05) is 5.32 Å². The number of aliphatic imine (C=N–C) groups is 1. The fraction of sp³-hybridized carbons (Fsp3) is 0.632. The van der Waals surface area contributed by atoms with Crippen LogP contribution in [0.3, 0.4) is 0 Å². The van der Waals surface area contributed by atoms with Gasteiger partial charge in [-0.05, 0) is 18.8 Å². The maximum atomic E-state index is 12.9. The molecule has 0 saturated heterocycles. The summed E-state index contributed by atoms with van der Waals surface area (Å²) < 4.78 is 0. The van der Waals surface area contributed by atoms with E-state index in [9.17, 15) is 28.8 Å². The lowest BCUT2D eigenvalue weighted by Gasteiger charge is -2.25. The quantitative estimate of drug-likeness (QED) is 0.0563. The molecule has 0 aromatic rings. The Morgan fingerprint density at radius 2 is 1.23 bits per heavy atom. The molecule has 0 aromatic heterocycles. The molecule has 0 aliphatic heterocycles. The van der Waals surface area contributed by atoms with Crippen molar-refractivity contribution in [2.24, 2.45) is 28.1 Å². The van der Waals surface area contributed by atoms with Crippen LogP contribution in [0.5, 0.6) is 0 Å². The van der Waals surface area contributed by atoms with Gasteiger partial charge in [-0.1, -0.05) is 13.8 Å². The highest BCUT2D eigenvalue weighted by Crippen LogP contribution is 2.05. The Morgan fingerprint density at radius 3 is 1.69 bits per heavy atom. The minimum atomic E-state index is -1.87. The molecule has 12 N–H and O–H groups in total. The van der Waals surface area contributed by atoms with Gasteiger partial charge in [0.25, 0.3) is 0 Å². The molecular formula is C19H33N7O9. The monoisotopic (exact) mass is 503 g/mol. The van der Waals surface area contributed by atoms with E-state index in [1.54, 1.807) is 13.8 Å². The maximum Gasteiger partial charge on any atom is 0.326 e. The summed E-state index contributed by atoms with van der Waals surface area (Å²) in [5, 5.41) is 33.5. The van der Waals surface area contributed by atoms with E-state index in [0.717, 1.165) is 0 Å². The van der Waals surface area contributed by atoms with Crippen molar-refractivity contribution in [3.8, 4) is 0 Å². The van der Waals surface area contributed by atoms with E-state index in [1.165, 1.54) is 0 Å². The van der Waals surface area contributed by atoms with Crippen molar-refractivity contribution >= 4 is 41.6 Å². The van der Waals surface area contributed by atoms with Crippen LogP contribution in [-0.2, 0) is 28.8 Å². The maximum absolute atomic E-state index is 12.9. The largest absolute Gasteiger partial charge is 0.481 e. The highest BCUT2D eigenvalue weighted by atomic mass is 16.4. The van der Waals surface area contributed by atoms with Crippen molar-refractivity contribution in [2.45, 2.75) is 63.7 Å². The molecule has 3 amide bonds. The number of carboxylic acid groups (broad SMARTS) is 3. The number of guanidine groups is 1. The number of nitrogens with one attached hydrogen (secondary N) is 3. The molecule has 0 radical (unpaired) electrons. The fourth-order valence-electron chi connectivity index (χ4n) is 2.65. The van der Waals surface area contributed by atoms with Gasteiger partial charge in [0.05, 0.1) is 18.9 Å². The Balaban J connectivity index is 5.65. The summed E-state index contributed by atoms with van der Waals surface area (Å²) in [6.07, 6.45) is -1.73. The van der Waals surface area contributed by atoms with E-state index in [2.05, 4.69) is 15.6 Å². The first-order valence-corrected chi connectivity index (χ1v) is 10.5. The first-order chi connectivity index (χ1) is 16.1. The van der Waals surface area contributed by atoms with E-state index >= 15 is 0 Å². The smallest absolute Gasteiger partial charge is 0.326 e. The van der Waals surface area contributed by atoms with Gasteiger partial charge in [0.2, 0.25) is 17.7 Å². The second-order valence-corrected chi connectivity index (χ2v) is 7.94. The fourth-order valence-corrected chi connectivity index (χ4v) is 2.65. The molecule has 0 aliphatic carbocycles. The highest BCUT2D eigenvalue weighted by molar-refractivity contribution is 5.96. The molecule has 0 spiro atoms. The summed E-state index contributed by atoms with van der Waals surface area (Å²) in [5.41, 5.74) is 16.3. The summed E-state index contributed by atoms with van der Waals surface area (Å²) in [4.78, 5) is 74.7. The van der Waals surface area contributed by atoms with Crippen molar-refractivity contribution in [1.82, 2.24) is 16.0 Å². The highest BCUT2D eigenvalue weighted by Gasteiger charge is 2.32. The first-order valence-electron chi connectivity index (χ1n) is 10.5. The van der Waals surface area contributed by atoms with Crippen molar-refractivity contribution in [1.29, 1.82) is 0 Å². The van der Waals surface area contributed by atoms with Crippen molar-refractivity contribution in [3.05, 3.63) is 0 Å². The third-order valence-electron chi connectivity index (χ3n) is 4.60. The van der Waals surface area contributed by atoms with Gasteiger partial charge >= 0.3 is 17.9 Å². The van der Waals surface area contributed by atoms with Gasteiger partial charge in [0, 0.05) is 6.54 Å². The average molecular weight is 504 g/mol. The lowest BCUT2D eigenvalue weighted by Crippen LogP contribution is -2.58. The van der Waals surface area contributed by atoms with Crippen LogP contribution in [0.25, 0.3) is 0 Å². The van der Waals surface area contributed by atoms with Crippen LogP contribution in [0, 0.1) is 5.92 Å². The molecule has 198 valence electrons. The van der Waals surface area contributed by atoms with Crippen LogP contribution >= 0.6 is 0 Å². The number of nitrogens with zero attached hydrogens (tertiary/aromatic N) is 1. The van der Waals surface area contributed by atoms with Crippen LogP contribution in [0.1, 0.15) is 39.5 Å². The summed E-state index contributed by atoms with van der Waals surface area (Å²) in [5.74, 6) is -8.03. The second-order valence-electron chi connectivity index (χ2n) is 7.94.